The van der Waals surface area contributed by atoms with E-state index in [1.807, 2.05) is 48.5 Å². The van der Waals surface area contributed by atoms with E-state index in [0.29, 0.717) is 26.4 Å². The topological polar surface area (TPSA) is 63.7 Å². The van der Waals surface area contributed by atoms with Crippen LogP contribution < -0.4 is 5.32 Å². The number of nitrogens with one attached hydrogen (secondary N) is 1. The summed E-state index contributed by atoms with van der Waals surface area (Å²) in [7, 11) is 1.78. The Bertz CT molecular complexity index is 621. The zero-order valence-corrected chi connectivity index (χ0v) is 14.3. The fourth-order valence-electron chi connectivity index (χ4n) is 2.86. The number of amides is 2. The predicted molar refractivity (Wildman–Crippen MR) is 94.2 cm³/mol. The highest BCUT2D eigenvalue weighted by atomic mass is 16.6. The van der Waals surface area contributed by atoms with Crippen molar-refractivity contribution in [1.29, 1.82) is 0 Å². The number of nitrogens with zero attached hydrogens (tertiary/aromatic N) is 2. The van der Waals surface area contributed by atoms with Crippen molar-refractivity contribution in [1.82, 2.24) is 15.2 Å². The average Bonchev–Trinajstić information content (AvgIpc) is 2.69. The maximum Gasteiger partial charge on any atom is 0.318 e. The zero-order valence-electron chi connectivity index (χ0n) is 14.3. The predicted octanol–water partition coefficient (Wildman–Crippen LogP) is 2.23. The lowest BCUT2D eigenvalue weighted by molar-refractivity contribution is -0.0856. The molecule has 0 radical (unpaired) electrons. The molecule has 1 aromatic heterocycles. The first-order valence-corrected chi connectivity index (χ1v) is 8.41. The maximum atomic E-state index is 12.7. The van der Waals surface area contributed by atoms with Gasteiger partial charge in [0.05, 0.1) is 31.6 Å². The summed E-state index contributed by atoms with van der Waals surface area (Å²) < 4.78 is 10.9. The molecule has 2 aromatic rings. The van der Waals surface area contributed by atoms with Gasteiger partial charge in [0.2, 0.25) is 0 Å². The van der Waals surface area contributed by atoms with Crippen molar-refractivity contribution >= 4 is 6.03 Å². The van der Waals surface area contributed by atoms with Crippen LogP contribution in [0.5, 0.6) is 0 Å². The number of carbonyl (C=O) groups is 1. The van der Waals surface area contributed by atoms with Crippen LogP contribution in [0, 0.1) is 0 Å². The molecule has 1 aromatic carbocycles. The van der Waals surface area contributed by atoms with Crippen LogP contribution in [-0.2, 0) is 9.47 Å². The van der Waals surface area contributed by atoms with E-state index in [1.165, 1.54) is 0 Å². The number of hydrogen-bond donors (Lipinski definition) is 1. The minimum atomic E-state index is -0.258. The summed E-state index contributed by atoms with van der Waals surface area (Å²) in [4.78, 5) is 18.8. The van der Waals surface area contributed by atoms with Crippen LogP contribution in [-0.4, -0.2) is 55.4 Å². The Labute approximate surface area is 147 Å². The molecular weight excluding hydrogens is 318 g/mol. The van der Waals surface area contributed by atoms with Crippen LogP contribution in [0.2, 0.25) is 0 Å². The van der Waals surface area contributed by atoms with Crippen LogP contribution in [0.25, 0.3) is 0 Å². The molecule has 2 amide bonds. The number of carbonyl (C=O) groups excluding carboxylic acids is 1. The Morgan fingerprint density at radius 1 is 1.24 bits per heavy atom. The maximum absolute atomic E-state index is 12.7. The van der Waals surface area contributed by atoms with E-state index >= 15 is 0 Å². The Balaban J connectivity index is 1.72. The Kier molecular flexibility index (Phi) is 5.98. The van der Waals surface area contributed by atoms with Crippen LogP contribution in [0.15, 0.2) is 54.7 Å². The van der Waals surface area contributed by atoms with E-state index in [-0.39, 0.29) is 18.2 Å². The van der Waals surface area contributed by atoms with E-state index in [4.69, 9.17) is 9.47 Å². The fourth-order valence-corrected chi connectivity index (χ4v) is 2.86. The van der Waals surface area contributed by atoms with Crippen molar-refractivity contribution in [2.75, 3.05) is 33.4 Å². The second kappa shape index (κ2) is 8.60. The summed E-state index contributed by atoms with van der Waals surface area (Å²) in [6, 6.07) is 15.2. The second-order valence-corrected chi connectivity index (χ2v) is 5.93. The summed E-state index contributed by atoms with van der Waals surface area (Å²) >= 11 is 0. The molecule has 0 bridgehead atoms. The van der Waals surface area contributed by atoms with Gasteiger partial charge in [0.25, 0.3) is 0 Å². The van der Waals surface area contributed by atoms with Gasteiger partial charge in [-0.05, 0) is 17.7 Å². The number of ether oxygens (including phenoxy) is 2. The summed E-state index contributed by atoms with van der Waals surface area (Å²) in [5.41, 5.74) is 1.83. The second-order valence-electron chi connectivity index (χ2n) is 5.93. The smallest absolute Gasteiger partial charge is 0.318 e. The molecule has 1 N–H and O–H groups in total. The van der Waals surface area contributed by atoms with Gasteiger partial charge in [0.15, 0.2) is 0 Å². The molecule has 2 atom stereocenters. The number of aromatic nitrogens is 1. The monoisotopic (exact) mass is 341 g/mol. The molecule has 1 saturated heterocycles. The normalized spacial score (nSPS) is 18.4. The van der Waals surface area contributed by atoms with Gasteiger partial charge in [-0.1, -0.05) is 36.4 Å². The van der Waals surface area contributed by atoms with E-state index in [2.05, 4.69) is 10.3 Å². The fraction of sp³-hybridized carbons (Fsp3) is 0.368. The van der Waals surface area contributed by atoms with Gasteiger partial charge in [-0.15, -0.1) is 0 Å². The van der Waals surface area contributed by atoms with E-state index in [9.17, 15) is 4.79 Å². The minimum absolute atomic E-state index is 0.101. The molecular formula is C19H23N3O3. The van der Waals surface area contributed by atoms with Gasteiger partial charge in [-0.2, -0.15) is 0 Å². The van der Waals surface area contributed by atoms with Crippen molar-refractivity contribution in [3.05, 3.63) is 66.0 Å². The number of benzene rings is 1. The number of urea groups is 1. The first-order chi connectivity index (χ1) is 12.3. The van der Waals surface area contributed by atoms with Gasteiger partial charge < -0.3 is 19.7 Å². The summed E-state index contributed by atoms with van der Waals surface area (Å²) in [6.07, 6.45) is 1.64. The average molecular weight is 341 g/mol. The highest BCUT2D eigenvalue weighted by molar-refractivity contribution is 5.75. The zero-order chi connectivity index (χ0) is 17.5. The molecule has 2 unspecified atom stereocenters. The molecule has 0 spiro atoms. The molecule has 6 heteroatoms. The first-order valence-electron chi connectivity index (χ1n) is 8.41. The van der Waals surface area contributed by atoms with Crippen molar-refractivity contribution in [2.45, 2.75) is 12.1 Å². The Hall–Kier alpha value is -2.44. The highest BCUT2D eigenvalue weighted by Crippen LogP contribution is 2.25. The number of hydrogen-bond acceptors (Lipinski definition) is 4. The van der Waals surface area contributed by atoms with Gasteiger partial charge in [0, 0.05) is 19.8 Å². The third-order valence-electron chi connectivity index (χ3n) is 4.16. The molecule has 0 saturated carbocycles. The van der Waals surface area contributed by atoms with E-state index in [1.54, 1.807) is 18.1 Å². The standard InChI is InChI=1S/C19H23N3O3/c1-22(19(23)21-13-16-14-24-11-12-25-16)18(15-7-3-2-4-8-15)17-9-5-6-10-20-17/h2-10,16,18H,11-14H2,1H3,(H,21,23). The summed E-state index contributed by atoms with van der Waals surface area (Å²) in [5, 5.41) is 2.93. The first kappa shape index (κ1) is 17.4. The third kappa shape index (κ3) is 4.55. The highest BCUT2D eigenvalue weighted by Gasteiger charge is 2.25. The molecule has 3 rings (SSSR count). The molecule has 132 valence electrons. The van der Waals surface area contributed by atoms with Crippen LogP contribution in [0.3, 0.4) is 0 Å². The van der Waals surface area contributed by atoms with Gasteiger partial charge in [0.1, 0.15) is 6.04 Å². The van der Waals surface area contributed by atoms with Crippen molar-refractivity contribution in [3.8, 4) is 0 Å². The van der Waals surface area contributed by atoms with E-state index < -0.39 is 0 Å². The van der Waals surface area contributed by atoms with Gasteiger partial charge >= 0.3 is 6.03 Å². The van der Waals surface area contributed by atoms with Crippen LogP contribution in [0.4, 0.5) is 4.79 Å². The molecule has 25 heavy (non-hydrogen) atoms. The molecule has 0 aliphatic carbocycles. The Morgan fingerprint density at radius 3 is 2.72 bits per heavy atom. The van der Waals surface area contributed by atoms with Crippen molar-refractivity contribution < 1.29 is 14.3 Å². The molecule has 1 aliphatic rings. The molecule has 6 nitrogen and oxygen atoms in total. The van der Waals surface area contributed by atoms with Gasteiger partial charge in [-0.25, -0.2) is 4.79 Å². The van der Waals surface area contributed by atoms with Crippen molar-refractivity contribution in [2.24, 2.45) is 0 Å². The van der Waals surface area contributed by atoms with Gasteiger partial charge in [-0.3, -0.25) is 4.98 Å². The van der Waals surface area contributed by atoms with Crippen LogP contribution >= 0.6 is 0 Å². The summed E-state index contributed by atoms with van der Waals surface area (Å²) in [6.45, 7) is 2.11. The molecule has 1 fully saturated rings. The quantitative estimate of drug-likeness (QED) is 0.906. The minimum Gasteiger partial charge on any atom is -0.376 e. The lowest BCUT2D eigenvalue weighted by atomic mass is 10.0. The SMILES string of the molecule is CN(C(=O)NCC1COCCO1)C(c1ccccc1)c1ccccn1. The summed E-state index contributed by atoms with van der Waals surface area (Å²) in [5.74, 6) is 0. The Morgan fingerprint density at radius 2 is 2.04 bits per heavy atom. The largest absolute Gasteiger partial charge is 0.376 e. The number of rotatable bonds is 5. The van der Waals surface area contributed by atoms with Crippen molar-refractivity contribution in [3.63, 3.8) is 0 Å². The van der Waals surface area contributed by atoms with Crippen LogP contribution in [0.1, 0.15) is 17.3 Å². The lowest BCUT2D eigenvalue weighted by Crippen LogP contribution is -2.45. The number of pyridine rings is 1. The van der Waals surface area contributed by atoms with E-state index in [0.717, 1.165) is 11.3 Å². The molecule has 2 heterocycles. The third-order valence-corrected chi connectivity index (χ3v) is 4.16. The lowest BCUT2D eigenvalue weighted by Gasteiger charge is -2.30. The molecule has 1 aliphatic heterocycles.